The van der Waals surface area contributed by atoms with E-state index in [0.29, 0.717) is 12.8 Å². The van der Waals surface area contributed by atoms with Crippen molar-refractivity contribution in [1.82, 2.24) is 15.6 Å². The highest BCUT2D eigenvalue weighted by molar-refractivity contribution is 5.83. The van der Waals surface area contributed by atoms with Crippen LogP contribution < -0.4 is 10.6 Å². The van der Waals surface area contributed by atoms with Crippen molar-refractivity contribution in [2.45, 2.75) is 69.6 Å². The molecule has 0 aliphatic carbocycles. The molecule has 2 aliphatic rings. The molecular weight excluding hydrogens is 410 g/mol. The number of aryl methyl sites for hydroxylation is 1. The fraction of sp³-hybridized carbons (Fsp3) is 0.583. The number of carboxylic acids is 1. The summed E-state index contributed by atoms with van der Waals surface area (Å²) < 4.78 is 6.02. The molecule has 8 nitrogen and oxygen atoms in total. The van der Waals surface area contributed by atoms with Crippen LogP contribution in [0.2, 0.25) is 0 Å². The SMILES string of the molecule is CC(=O)O.C[C@]1(NC(=O)CCCc2c[nH]c3ccccc23)CC2(CCNCC2)OC[C@@H]1O. The second-order valence-corrected chi connectivity index (χ2v) is 9.13. The first-order valence-electron chi connectivity index (χ1n) is 11.3. The molecular formula is C24H35N3O5. The number of carbonyl (C=O) groups excluding carboxylic acids is 1. The van der Waals surface area contributed by atoms with E-state index in [-0.39, 0.29) is 18.1 Å². The minimum absolute atomic E-state index is 0.00683. The van der Waals surface area contributed by atoms with Gasteiger partial charge in [0, 0.05) is 36.9 Å². The van der Waals surface area contributed by atoms with Crippen LogP contribution in [0.1, 0.15) is 51.5 Å². The van der Waals surface area contributed by atoms with Crippen molar-refractivity contribution >= 4 is 22.8 Å². The monoisotopic (exact) mass is 445 g/mol. The number of carboxylic acid groups (broad SMARTS) is 1. The molecule has 1 aromatic heterocycles. The third kappa shape index (κ3) is 6.09. The number of aliphatic hydroxyl groups excluding tert-OH is 1. The van der Waals surface area contributed by atoms with Gasteiger partial charge in [-0.2, -0.15) is 0 Å². The maximum absolute atomic E-state index is 12.6. The third-order valence-electron chi connectivity index (χ3n) is 6.44. The quantitative estimate of drug-likeness (QED) is 0.481. The lowest BCUT2D eigenvalue weighted by molar-refractivity contribution is -0.174. The van der Waals surface area contributed by atoms with E-state index in [1.54, 1.807) is 0 Å². The van der Waals surface area contributed by atoms with Crippen LogP contribution in [0.15, 0.2) is 30.5 Å². The zero-order valence-electron chi connectivity index (χ0n) is 18.9. The molecule has 0 bridgehead atoms. The number of hydrogen-bond donors (Lipinski definition) is 5. The number of ether oxygens (including phenoxy) is 1. The number of fused-ring (bicyclic) bond motifs is 1. The average Bonchev–Trinajstić information content (AvgIpc) is 3.14. The molecule has 1 amide bonds. The number of aromatic nitrogens is 1. The van der Waals surface area contributed by atoms with Crippen LogP contribution in [0.4, 0.5) is 0 Å². The van der Waals surface area contributed by atoms with Gasteiger partial charge in [0.25, 0.3) is 5.97 Å². The number of hydrogen-bond acceptors (Lipinski definition) is 5. The Hall–Kier alpha value is -2.42. The molecule has 32 heavy (non-hydrogen) atoms. The maximum atomic E-state index is 12.6. The first-order chi connectivity index (χ1) is 15.2. The molecule has 3 heterocycles. The molecule has 2 atom stereocenters. The van der Waals surface area contributed by atoms with E-state index in [1.165, 1.54) is 10.9 Å². The van der Waals surface area contributed by atoms with Gasteiger partial charge in [0.2, 0.25) is 5.91 Å². The summed E-state index contributed by atoms with van der Waals surface area (Å²) >= 11 is 0. The molecule has 2 saturated heterocycles. The number of nitrogens with one attached hydrogen (secondary N) is 3. The molecule has 0 unspecified atom stereocenters. The topological polar surface area (TPSA) is 124 Å². The Bertz CT molecular complexity index is 917. The zero-order valence-corrected chi connectivity index (χ0v) is 18.9. The maximum Gasteiger partial charge on any atom is 0.300 e. The number of aliphatic carboxylic acids is 1. The van der Waals surface area contributed by atoms with E-state index >= 15 is 0 Å². The van der Waals surface area contributed by atoms with Gasteiger partial charge >= 0.3 is 0 Å². The Morgan fingerprint density at radius 1 is 1.25 bits per heavy atom. The van der Waals surface area contributed by atoms with Crippen LogP contribution in [0.25, 0.3) is 10.9 Å². The number of H-pyrrole nitrogens is 1. The highest BCUT2D eigenvalue weighted by Gasteiger charge is 2.49. The van der Waals surface area contributed by atoms with Crippen molar-refractivity contribution in [3.63, 3.8) is 0 Å². The van der Waals surface area contributed by atoms with Crippen molar-refractivity contribution in [2.24, 2.45) is 0 Å². The normalized spacial score (nSPS) is 24.5. The lowest BCUT2D eigenvalue weighted by Crippen LogP contribution is -2.65. The highest BCUT2D eigenvalue weighted by Crippen LogP contribution is 2.38. The Kier molecular flexibility index (Phi) is 7.92. The Morgan fingerprint density at radius 2 is 1.94 bits per heavy atom. The number of carbonyl (C=O) groups is 2. The molecule has 0 saturated carbocycles. The number of para-hydroxylation sites is 1. The number of amides is 1. The number of rotatable bonds is 5. The van der Waals surface area contributed by atoms with Crippen molar-refractivity contribution in [1.29, 1.82) is 0 Å². The van der Waals surface area contributed by atoms with Crippen molar-refractivity contribution in [3.05, 3.63) is 36.0 Å². The van der Waals surface area contributed by atoms with Crippen LogP contribution in [0.3, 0.4) is 0 Å². The molecule has 0 radical (unpaired) electrons. The van der Waals surface area contributed by atoms with E-state index in [2.05, 4.69) is 27.8 Å². The lowest BCUT2D eigenvalue weighted by Gasteiger charge is -2.50. The predicted octanol–water partition coefficient (Wildman–Crippen LogP) is 2.36. The summed E-state index contributed by atoms with van der Waals surface area (Å²) in [5.41, 5.74) is 1.52. The van der Waals surface area contributed by atoms with Gasteiger partial charge in [0.1, 0.15) is 6.10 Å². The van der Waals surface area contributed by atoms with Gasteiger partial charge in [-0.25, -0.2) is 0 Å². The fourth-order valence-electron chi connectivity index (χ4n) is 4.77. The number of aliphatic hydroxyl groups is 1. The van der Waals surface area contributed by atoms with Crippen molar-refractivity contribution in [2.75, 3.05) is 19.7 Å². The summed E-state index contributed by atoms with van der Waals surface area (Å²) in [6.45, 7) is 5.17. The molecule has 4 rings (SSSR count). The second-order valence-electron chi connectivity index (χ2n) is 9.13. The Morgan fingerprint density at radius 3 is 2.66 bits per heavy atom. The summed E-state index contributed by atoms with van der Waals surface area (Å²) in [4.78, 5) is 24.9. The Balaban J connectivity index is 0.000000668. The summed E-state index contributed by atoms with van der Waals surface area (Å²) in [5.74, 6) is -0.827. The van der Waals surface area contributed by atoms with E-state index in [9.17, 15) is 9.90 Å². The largest absolute Gasteiger partial charge is 0.481 e. The molecule has 5 N–H and O–H groups in total. The van der Waals surface area contributed by atoms with Gasteiger partial charge in [-0.3, -0.25) is 9.59 Å². The molecule has 2 aliphatic heterocycles. The van der Waals surface area contributed by atoms with Crippen LogP contribution >= 0.6 is 0 Å². The fourth-order valence-corrected chi connectivity index (χ4v) is 4.77. The van der Waals surface area contributed by atoms with Crippen molar-refractivity contribution < 1.29 is 24.5 Å². The summed E-state index contributed by atoms with van der Waals surface area (Å²) in [6, 6.07) is 8.23. The average molecular weight is 446 g/mol. The molecule has 8 heteroatoms. The summed E-state index contributed by atoms with van der Waals surface area (Å²) in [7, 11) is 0. The molecule has 176 valence electrons. The molecule has 1 spiro atoms. The number of benzene rings is 1. The lowest BCUT2D eigenvalue weighted by atomic mass is 9.75. The minimum Gasteiger partial charge on any atom is -0.481 e. The van der Waals surface area contributed by atoms with E-state index in [1.807, 2.05) is 25.3 Å². The standard InChI is InChI=1S/C22H31N3O3.C2H4O2/c1-21(15-22(28-14-19(21)26)9-11-23-12-10-22)25-20(27)8-4-5-16-13-24-18-7-3-2-6-17(16)18;1-2(3)4/h2-3,6-7,13,19,23-24,26H,4-5,8-12,14-15H2,1H3,(H,25,27);1H3,(H,3,4)/t19-,21-;/m0./s1. The first kappa shape index (κ1) is 24.2. The number of piperidine rings is 1. The van der Waals surface area contributed by atoms with E-state index in [0.717, 1.165) is 51.2 Å². The van der Waals surface area contributed by atoms with E-state index < -0.39 is 17.6 Å². The van der Waals surface area contributed by atoms with Crippen molar-refractivity contribution in [3.8, 4) is 0 Å². The minimum atomic E-state index is -0.833. The van der Waals surface area contributed by atoms with Crippen LogP contribution in [-0.4, -0.2) is 64.0 Å². The first-order valence-corrected chi connectivity index (χ1v) is 11.3. The van der Waals surface area contributed by atoms with Crippen LogP contribution in [-0.2, 0) is 20.7 Å². The molecule has 2 fully saturated rings. The second kappa shape index (κ2) is 10.5. The molecule has 2 aromatic rings. The van der Waals surface area contributed by atoms with Gasteiger partial charge in [-0.05, 0) is 57.3 Å². The van der Waals surface area contributed by atoms with Gasteiger partial charge in [-0.15, -0.1) is 0 Å². The van der Waals surface area contributed by atoms with E-state index in [4.69, 9.17) is 14.6 Å². The third-order valence-corrected chi connectivity index (χ3v) is 6.44. The van der Waals surface area contributed by atoms with Gasteiger partial charge in [0.15, 0.2) is 0 Å². The summed E-state index contributed by atoms with van der Waals surface area (Å²) in [5, 5.41) is 25.7. The van der Waals surface area contributed by atoms with Gasteiger partial charge in [-0.1, -0.05) is 18.2 Å². The van der Waals surface area contributed by atoms with Gasteiger partial charge in [0.05, 0.1) is 17.7 Å². The number of aromatic amines is 1. The Labute approximate surface area is 188 Å². The smallest absolute Gasteiger partial charge is 0.300 e. The predicted molar refractivity (Wildman–Crippen MR) is 123 cm³/mol. The van der Waals surface area contributed by atoms with Gasteiger partial charge < -0.3 is 30.6 Å². The summed E-state index contributed by atoms with van der Waals surface area (Å²) in [6.07, 6.45) is 5.96. The van der Waals surface area contributed by atoms with Crippen LogP contribution in [0, 0.1) is 0 Å². The highest BCUT2D eigenvalue weighted by atomic mass is 16.5. The van der Waals surface area contributed by atoms with Crippen LogP contribution in [0.5, 0.6) is 0 Å². The zero-order chi connectivity index (χ0) is 23.2. The molecule has 1 aromatic carbocycles.